The third kappa shape index (κ3) is 8.35. The highest BCUT2D eigenvalue weighted by molar-refractivity contribution is 5.78. The first-order valence-electron chi connectivity index (χ1n) is 13.7. The van der Waals surface area contributed by atoms with Crippen molar-refractivity contribution in [3.63, 3.8) is 0 Å². The standard InChI is InChI=1S/C34H37NO5/c1-2-29(22-36)34(37)35-21-20-30-18-19-31(38-23-26-12-6-3-7-13-26)33(40-25-28-16-10-5-11-17-28)32(30)39-24-27-14-8-4-9-15-27/h3-19,29,36H,2,20-25H2,1H3,(H,35,37)/t29-/m0/s1. The highest BCUT2D eigenvalue weighted by Gasteiger charge is 2.20. The van der Waals surface area contributed by atoms with E-state index in [9.17, 15) is 9.90 Å². The average molecular weight is 540 g/mol. The molecule has 0 heterocycles. The molecule has 0 radical (unpaired) electrons. The van der Waals surface area contributed by atoms with E-state index in [4.69, 9.17) is 14.2 Å². The lowest BCUT2D eigenvalue weighted by molar-refractivity contribution is -0.126. The van der Waals surface area contributed by atoms with Crippen molar-refractivity contribution < 1.29 is 24.1 Å². The predicted octanol–water partition coefficient (Wildman–Crippen LogP) is 6.10. The summed E-state index contributed by atoms with van der Waals surface area (Å²) >= 11 is 0. The van der Waals surface area contributed by atoms with E-state index in [1.165, 1.54) is 0 Å². The second kappa shape index (κ2) is 15.3. The number of benzene rings is 4. The molecule has 0 saturated heterocycles. The van der Waals surface area contributed by atoms with Gasteiger partial charge >= 0.3 is 0 Å². The Bertz CT molecular complexity index is 1310. The molecule has 0 aliphatic rings. The molecule has 0 unspecified atom stereocenters. The van der Waals surface area contributed by atoms with Crippen molar-refractivity contribution in [1.82, 2.24) is 5.32 Å². The van der Waals surface area contributed by atoms with Crippen LogP contribution in [0.5, 0.6) is 17.2 Å². The number of aliphatic hydroxyl groups is 1. The molecule has 2 N–H and O–H groups in total. The molecule has 4 rings (SSSR count). The first kappa shape index (κ1) is 28.7. The molecule has 0 aliphatic heterocycles. The number of nitrogens with one attached hydrogen (secondary N) is 1. The van der Waals surface area contributed by atoms with E-state index in [2.05, 4.69) is 5.32 Å². The monoisotopic (exact) mass is 539 g/mol. The number of hydrogen-bond donors (Lipinski definition) is 2. The zero-order chi connectivity index (χ0) is 28.0. The Labute approximate surface area is 236 Å². The highest BCUT2D eigenvalue weighted by atomic mass is 16.5. The number of rotatable bonds is 15. The van der Waals surface area contributed by atoms with E-state index in [-0.39, 0.29) is 12.5 Å². The summed E-state index contributed by atoms with van der Waals surface area (Å²) in [5.74, 6) is 1.14. The lowest BCUT2D eigenvalue weighted by Crippen LogP contribution is -2.33. The highest BCUT2D eigenvalue weighted by Crippen LogP contribution is 2.42. The maximum absolute atomic E-state index is 12.4. The van der Waals surface area contributed by atoms with E-state index >= 15 is 0 Å². The van der Waals surface area contributed by atoms with Crippen LogP contribution in [0.15, 0.2) is 103 Å². The lowest BCUT2D eigenvalue weighted by Gasteiger charge is -2.21. The van der Waals surface area contributed by atoms with Crippen LogP contribution >= 0.6 is 0 Å². The van der Waals surface area contributed by atoms with E-state index in [0.29, 0.717) is 56.5 Å². The van der Waals surface area contributed by atoms with E-state index < -0.39 is 5.92 Å². The van der Waals surface area contributed by atoms with Gasteiger partial charge in [-0.05, 0) is 35.6 Å². The zero-order valence-electron chi connectivity index (χ0n) is 22.9. The van der Waals surface area contributed by atoms with Crippen LogP contribution in [0.2, 0.25) is 0 Å². The Morgan fingerprint density at radius 2 is 1.20 bits per heavy atom. The minimum Gasteiger partial charge on any atom is -0.485 e. The second-order valence-corrected chi connectivity index (χ2v) is 9.53. The summed E-state index contributed by atoms with van der Waals surface area (Å²) in [7, 11) is 0. The number of aliphatic hydroxyl groups excluding tert-OH is 1. The fourth-order valence-electron chi connectivity index (χ4n) is 4.25. The molecule has 1 atom stereocenters. The van der Waals surface area contributed by atoms with Crippen molar-refractivity contribution in [2.75, 3.05) is 13.2 Å². The maximum atomic E-state index is 12.4. The van der Waals surface area contributed by atoms with Crippen LogP contribution in [0.25, 0.3) is 0 Å². The first-order valence-corrected chi connectivity index (χ1v) is 13.7. The molecule has 0 aromatic heterocycles. The molecule has 208 valence electrons. The van der Waals surface area contributed by atoms with Gasteiger partial charge < -0.3 is 24.6 Å². The molecule has 0 bridgehead atoms. The smallest absolute Gasteiger partial charge is 0.225 e. The zero-order valence-corrected chi connectivity index (χ0v) is 22.9. The minimum atomic E-state index is -0.410. The molecule has 1 amide bonds. The van der Waals surface area contributed by atoms with Gasteiger partial charge in [-0.2, -0.15) is 0 Å². The van der Waals surface area contributed by atoms with Crippen molar-refractivity contribution in [3.8, 4) is 17.2 Å². The van der Waals surface area contributed by atoms with Crippen LogP contribution in [0.1, 0.15) is 35.6 Å². The Hall–Kier alpha value is -4.29. The van der Waals surface area contributed by atoms with E-state index in [0.717, 1.165) is 22.3 Å². The van der Waals surface area contributed by atoms with Gasteiger partial charge in [-0.25, -0.2) is 0 Å². The van der Waals surface area contributed by atoms with E-state index in [1.807, 2.05) is 110 Å². The molecular weight excluding hydrogens is 502 g/mol. The maximum Gasteiger partial charge on any atom is 0.225 e. The molecule has 4 aromatic carbocycles. The third-order valence-corrected chi connectivity index (χ3v) is 6.62. The molecular formula is C34H37NO5. The van der Waals surface area contributed by atoms with Gasteiger partial charge in [-0.15, -0.1) is 0 Å². The van der Waals surface area contributed by atoms with Crippen LogP contribution in [-0.2, 0) is 31.0 Å². The molecule has 0 saturated carbocycles. The SMILES string of the molecule is CC[C@@H](CO)C(=O)NCCc1ccc(OCc2ccccc2)c(OCc2ccccc2)c1OCc1ccccc1. The molecule has 6 heteroatoms. The summed E-state index contributed by atoms with van der Waals surface area (Å²) in [6, 6.07) is 33.8. The molecule has 0 spiro atoms. The van der Waals surface area contributed by atoms with Gasteiger partial charge in [0.25, 0.3) is 0 Å². The van der Waals surface area contributed by atoms with Crippen LogP contribution in [-0.4, -0.2) is 24.2 Å². The molecule has 0 aliphatic carbocycles. The summed E-state index contributed by atoms with van der Waals surface area (Å²) in [4.78, 5) is 12.4. The molecule has 40 heavy (non-hydrogen) atoms. The van der Waals surface area contributed by atoms with Crippen molar-refractivity contribution in [2.24, 2.45) is 5.92 Å². The van der Waals surface area contributed by atoms with Crippen LogP contribution in [0.3, 0.4) is 0 Å². The number of carbonyl (C=O) groups excluding carboxylic acids is 1. The average Bonchev–Trinajstić information content (AvgIpc) is 3.00. The van der Waals surface area contributed by atoms with Crippen LogP contribution in [0.4, 0.5) is 0 Å². The van der Waals surface area contributed by atoms with Gasteiger partial charge in [0.2, 0.25) is 11.7 Å². The number of ether oxygens (including phenoxy) is 3. The Balaban J connectivity index is 1.62. The normalized spacial score (nSPS) is 11.4. The van der Waals surface area contributed by atoms with E-state index in [1.54, 1.807) is 0 Å². The predicted molar refractivity (Wildman–Crippen MR) is 156 cm³/mol. The largest absolute Gasteiger partial charge is 0.485 e. The van der Waals surface area contributed by atoms with Gasteiger partial charge in [0.15, 0.2) is 11.5 Å². The minimum absolute atomic E-state index is 0.153. The first-order chi connectivity index (χ1) is 19.7. The lowest BCUT2D eigenvalue weighted by atomic mass is 10.1. The fraction of sp³-hybridized carbons (Fsp3) is 0.265. The fourth-order valence-corrected chi connectivity index (χ4v) is 4.25. The van der Waals surface area contributed by atoms with Gasteiger partial charge in [0.1, 0.15) is 19.8 Å². The van der Waals surface area contributed by atoms with Crippen molar-refractivity contribution in [2.45, 2.75) is 39.6 Å². The summed E-state index contributed by atoms with van der Waals surface area (Å²) in [6.07, 6.45) is 1.11. The molecule has 0 fully saturated rings. The van der Waals surface area contributed by atoms with Crippen molar-refractivity contribution in [3.05, 3.63) is 125 Å². The van der Waals surface area contributed by atoms with Crippen LogP contribution < -0.4 is 19.5 Å². The van der Waals surface area contributed by atoms with Gasteiger partial charge in [-0.3, -0.25) is 4.79 Å². The van der Waals surface area contributed by atoms with Gasteiger partial charge in [0, 0.05) is 12.1 Å². The Morgan fingerprint density at radius 3 is 1.70 bits per heavy atom. The van der Waals surface area contributed by atoms with Crippen LogP contribution in [0, 0.1) is 5.92 Å². The number of carbonyl (C=O) groups is 1. The van der Waals surface area contributed by atoms with Crippen molar-refractivity contribution >= 4 is 5.91 Å². The summed E-state index contributed by atoms with van der Waals surface area (Å²) < 4.78 is 19.1. The molecule has 4 aromatic rings. The summed E-state index contributed by atoms with van der Waals surface area (Å²) in [5.41, 5.74) is 3.99. The Kier molecular flexibility index (Phi) is 11.0. The van der Waals surface area contributed by atoms with Crippen molar-refractivity contribution in [1.29, 1.82) is 0 Å². The van der Waals surface area contributed by atoms with Gasteiger partial charge in [0.05, 0.1) is 12.5 Å². The topological polar surface area (TPSA) is 77.0 Å². The quantitative estimate of drug-likeness (QED) is 0.191. The number of hydrogen-bond acceptors (Lipinski definition) is 5. The number of amides is 1. The molecule has 6 nitrogen and oxygen atoms in total. The van der Waals surface area contributed by atoms with Gasteiger partial charge in [-0.1, -0.05) is 104 Å². The summed E-state index contributed by atoms with van der Waals surface area (Å²) in [6.45, 7) is 3.21. The Morgan fingerprint density at radius 1 is 0.700 bits per heavy atom. The second-order valence-electron chi connectivity index (χ2n) is 9.53. The summed E-state index contributed by atoms with van der Waals surface area (Å²) in [5, 5.41) is 12.4. The third-order valence-electron chi connectivity index (χ3n) is 6.62.